The summed E-state index contributed by atoms with van der Waals surface area (Å²) in [5, 5.41) is 0. The molecule has 1 aliphatic rings. The van der Waals surface area contributed by atoms with E-state index in [0.29, 0.717) is 12.5 Å². The molecule has 106 valence electrons. The molecule has 0 aromatic heterocycles. The fourth-order valence-corrected chi connectivity index (χ4v) is 3.00. The number of nitrogens with two attached hydrogens (primary N) is 1. The minimum Gasteiger partial charge on any atom is -0.370 e. The zero-order valence-corrected chi connectivity index (χ0v) is 15.0. The quantitative estimate of drug-likeness (QED) is 0.419. The molecule has 19 heavy (non-hydrogen) atoms. The third-order valence-electron chi connectivity index (χ3n) is 2.75. The molecule has 0 radical (unpaired) electrons. The standard InChI is InChI=1S/C12H15BrFN3S.HI/c13-11-2-1-10(14)7-9(11)8-16-12(15)17-3-5-18-6-4-17;/h1-2,7H,3-6,8H2,(H2,15,16);1H. The van der Waals surface area contributed by atoms with Gasteiger partial charge >= 0.3 is 0 Å². The lowest BCUT2D eigenvalue weighted by Gasteiger charge is -2.27. The molecule has 1 saturated heterocycles. The number of halogens is 3. The van der Waals surface area contributed by atoms with Crippen molar-refractivity contribution < 1.29 is 4.39 Å². The summed E-state index contributed by atoms with van der Waals surface area (Å²) in [4.78, 5) is 6.41. The molecular weight excluding hydrogens is 444 g/mol. The highest BCUT2D eigenvalue weighted by Crippen LogP contribution is 2.18. The summed E-state index contributed by atoms with van der Waals surface area (Å²) >= 11 is 5.31. The summed E-state index contributed by atoms with van der Waals surface area (Å²) < 4.78 is 14.0. The Kier molecular flexibility index (Phi) is 7.45. The topological polar surface area (TPSA) is 41.6 Å². The van der Waals surface area contributed by atoms with Gasteiger partial charge in [-0.15, -0.1) is 24.0 Å². The van der Waals surface area contributed by atoms with E-state index < -0.39 is 0 Å². The normalized spacial score (nSPS) is 16.1. The number of rotatable bonds is 2. The third kappa shape index (κ3) is 5.11. The summed E-state index contributed by atoms with van der Waals surface area (Å²) in [5.74, 6) is 2.46. The molecule has 1 aromatic rings. The van der Waals surface area contributed by atoms with Gasteiger partial charge in [0.25, 0.3) is 0 Å². The largest absolute Gasteiger partial charge is 0.370 e. The van der Waals surface area contributed by atoms with E-state index in [9.17, 15) is 4.39 Å². The van der Waals surface area contributed by atoms with Crippen molar-refractivity contribution in [1.29, 1.82) is 0 Å². The van der Waals surface area contributed by atoms with Gasteiger partial charge in [0.1, 0.15) is 5.82 Å². The lowest BCUT2D eigenvalue weighted by Crippen LogP contribution is -2.42. The van der Waals surface area contributed by atoms with Crippen LogP contribution in [-0.4, -0.2) is 35.5 Å². The molecule has 2 N–H and O–H groups in total. The summed E-state index contributed by atoms with van der Waals surface area (Å²) in [7, 11) is 0. The average molecular weight is 460 g/mol. The van der Waals surface area contributed by atoms with Gasteiger partial charge in [-0.2, -0.15) is 11.8 Å². The van der Waals surface area contributed by atoms with Crippen LogP contribution < -0.4 is 5.73 Å². The molecular formula is C12H16BrFIN3S. The molecule has 1 aromatic carbocycles. The van der Waals surface area contributed by atoms with Gasteiger partial charge in [0.2, 0.25) is 0 Å². The third-order valence-corrected chi connectivity index (χ3v) is 4.47. The van der Waals surface area contributed by atoms with Gasteiger partial charge in [-0.25, -0.2) is 9.38 Å². The number of benzene rings is 1. The van der Waals surface area contributed by atoms with E-state index in [2.05, 4.69) is 25.8 Å². The zero-order chi connectivity index (χ0) is 13.0. The van der Waals surface area contributed by atoms with E-state index in [1.807, 2.05) is 11.8 Å². The van der Waals surface area contributed by atoms with E-state index in [1.54, 1.807) is 6.07 Å². The van der Waals surface area contributed by atoms with Crippen molar-refractivity contribution in [1.82, 2.24) is 4.90 Å². The molecule has 0 amide bonds. The molecule has 3 nitrogen and oxygen atoms in total. The second-order valence-corrected chi connectivity index (χ2v) is 6.09. The highest BCUT2D eigenvalue weighted by Gasteiger charge is 2.12. The molecule has 0 spiro atoms. The predicted octanol–water partition coefficient (Wildman–Crippen LogP) is 3.07. The minimum absolute atomic E-state index is 0. The first-order chi connectivity index (χ1) is 8.66. The zero-order valence-electron chi connectivity index (χ0n) is 10.3. The smallest absolute Gasteiger partial charge is 0.191 e. The molecule has 0 atom stereocenters. The maximum atomic E-state index is 13.1. The fourth-order valence-electron chi connectivity index (χ4n) is 1.72. The first-order valence-corrected chi connectivity index (χ1v) is 7.68. The van der Waals surface area contributed by atoms with Gasteiger partial charge < -0.3 is 10.6 Å². The van der Waals surface area contributed by atoms with Crippen molar-refractivity contribution in [2.75, 3.05) is 24.6 Å². The van der Waals surface area contributed by atoms with Crippen LogP contribution in [0.5, 0.6) is 0 Å². The number of nitrogens with zero attached hydrogens (tertiary/aromatic N) is 2. The Bertz CT molecular complexity index is 453. The Labute approximate surface area is 142 Å². The summed E-state index contributed by atoms with van der Waals surface area (Å²) in [6.07, 6.45) is 0. The highest BCUT2D eigenvalue weighted by molar-refractivity contribution is 14.0. The summed E-state index contributed by atoms with van der Waals surface area (Å²) in [5.41, 5.74) is 6.75. The van der Waals surface area contributed by atoms with E-state index in [1.165, 1.54) is 12.1 Å². The van der Waals surface area contributed by atoms with E-state index >= 15 is 0 Å². The van der Waals surface area contributed by atoms with Crippen LogP contribution >= 0.6 is 51.7 Å². The van der Waals surface area contributed by atoms with Gasteiger partial charge in [-0.3, -0.25) is 0 Å². The second-order valence-electron chi connectivity index (χ2n) is 4.01. The van der Waals surface area contributed by atoms with Crippen LogP contribution in [0.4, 0.5) is 4.39 Å². The van der Waals surface area contributed by atoms with Crippen molar-refractivity contribution in [2.45, 2.75) is 6.54 Å². The lowest BCUT2D eigenvalue weighted by atomic mass is 10.2. The molecule has 7 heteroatoms. The fraction of sp³-hybridized carbons (Fsp3) is 0.417. The molecule has 1 fully saturated rings. The molecule has 1 aliphatic heterocycles. The molecule has 0 bridgehead atoms. The van der Waals surface area contributed by atoms with Gasteiger partial charge in [-0.1, -0.05) is 15.9 Å². The van der Waals surface area contributed by atoms with Crippen LogP contribution in [-0.2, 0) is 6.54 Å². The number of guanidine groups is 1. The van der Waals surface area contributed by atoms with Crippen molar-refractivity contribution in [3.63, 3.8) is 0 Å². The van der Waals surface area contributed by atoms with Crippen molar-refractivity contribution in [3.05, 3.63) is 34.1 Å². The van der Waals surface area contributed by atoms with E-state index in [4.69, 9.17) is 5.73 Å². The Balaban J connectivity index is 0.00000180. The SMILES string of the molecule is I.NC(=NCc1cc(F)ccc1Br)N1CCSCC1. The predicted molar refractivity (Wildman–Crippen MR) is 93.7 cm³/mol. The lowest BCUT2D eigenvalue weighted by molar-refractivity contribution is 0.455. The van der Waals surface area contributed by atoms with Crippen LogP contribution in [0.3, 0.4) is 0 Å². The maximum Gasteiger partial charge on any atom is 0.191 e. The minimum atomic E-state index is -0.253. The summed E-state index contributed by atoms with van der Waals surface area (Å²) in [6, 6.07) is 4.59. The molecule has 0 aliphatic carbocycles. The van der Waals surface area contributed by atoms with E-state index in [0.717, 1.165) is 34.6 Å². The number of hydrogen-bond acceptors (Lipinski definition) is 2. The molecule has 0 saturated carbocycles. The van der Waals surface area contributed by atoms with E-state index in [-0.39, 0.29) is 29.8 Å². The highest BCUT2D eigenvalue weighted by atomic mass is 127. The molecule has 0 unspecified atom stereocenters. The monoisotopic (exact) mass is 459 g/mol. The van der Waals surface area contributed by atoms with Crippen LogP contribution in [0, 0.1) is 5.82 Å². The van der Waals surface area contributed by atoms with Gasteiger partial charge in [0, 0.05) is 29.1 Å². The second kappa shape index (κ2) is 8.31. The van der Waals surface area contributed by atoms with Gasteiger partial charge in [0.15, 0.2) is 5.96 Å². The summed E-state index contributed by atoms with van der Waals surface area (Å²) in [6.45, 7) is 2.27. The Morgan fingerprint density at radius 2 is 2.11 bits per heavy atom. The molecule has 1 heterocycles. The Hall–Kier alpha value is -0.0200. The number of aliphatic imine (C=N–C) groups is 1. The van der Waals surface area contributed by atoms with Crippen LogP contribution in [0.1, 0.15) is 5.56 Å². The van der Waals surface area contributed by atoms with Crippen LogP contribution in [0.25, 0.3) is 0 Å². The maximum absolute atomic E-state index is 13.1. The van der Waals surface area contributed by atoms with Crippen LogP contribution in [0.15, 0.2) is 27.7 Å². The van der Waals surface area contributed by atoms with Crippen LogP contribution in [0.2, 0.25) is 0 Å². The van der Waals surface area contributed by atoms with Gasteiger partial charge in [0.05, 0.1) is 6.54 Å². The first-order valence-electron chi connectivity index (χ1n) is 5.73. The van der Waals surface area contributed by atoms with Crippen molar-refractivity contribution in [3.8, 4) is 0 Å². The number of hydrogen-bond donors (Lipinski definition) is 1. The van der Waals surface area contributed by atoms with Crippen molar-refractivity contribution in [2.24, 2.45) is 10.7 Å². The Morgan fingerprint density at radius 1 is 1.42 bits per heavy atom. The van der Waals surface area contributed by atoms with Crippen molar-refractivity contribution >= 4 is 57.6 Å². The first kappa shape index (κ1) is 17.0. The number of thioether (sulfide) groups is 1. The average Bonchev–Trinajstić information content (AvgIpc) is 2.40. The molecule has 2 rings (SSSR count). The Morgan fingerprint density at radius 3 is 2.79 bits per heavy atom. The van der Waals surface area contributed by atoms with Gasteiger partial charge in [-0.05, 0) is 23.8 Å².